The maximum Gasteiger partial charge on any atom is 0.240 e. The number of hydrogen-bond donors (Lipinski definition) is 2. The highest BCUT2D eigenvalue weighted by Gasteiger charge is 2.21. The molecule has 2 rings (SSSR count). The predicted octanol–water partition coefficient (Wildman–Crippen LogP) is 3.05. The van der Waals surface area contributed by atoms with Crippen LogP contribution in [0.1, 0.15) is 18.7 Å². The molecular formula is C15H20N2O2S2. The highest BCUT2D eigenvalue weighted by Crippen LogP contribution is 2.28. The summed E-state index contributed by atoms with van der Waals surface area (Å²) in [7, 11) is -1.96. The lowest BCUT2D eigenvalue weighted by molar-refractivity contribution is 0.569. The molecule has 2 aromatic rings. The molecule has 0 fully saturated rings. The van der Waals surface area contributed by atoms with Gasteiger partial charge >= 0.3 is 0 Å². The minimum Gasteiger partial charge on any atom is -0.384 e. The average Bonchev–Trinajstić information content (AvgIpc) is 3.01. The van der Waals surface area contributed by atoms with E-state index in [9.17, 15) is 8.42 Å². The summed E-state index contributed by atoms with van der Waals surface area (Å²) in [6.07, 6.45) is 0. The third-order valence-electron chi connectivity index (χ3n) is 3.36. The fourth-order valence-corrected chi connectivity index (χ4v) is 3.53. The molecule has 0 saturated carbocycles. The molecule has 0 unspecified atom stereocenters. The number of nitrogens with one attached hydrogen (secondary N) is 2. The first kappa shape index (κ1) is 16.0. The number of rotatable bonds is 6. The summed E-state index contributed by atoms with van der Waals surface area (Å²) < 4.78 is 25.6. The molecule has 0 aliphatic heterocycles. The van der Waals surface area contributed by atoms with Crippen LogP contribution in [0.4, 0.5) is 5.69 Å². The SMILES string of the molecule is CNS(=O)(=O)c1ccc(NCC(C)(C)c2cccs2)cc1. The fraction of sp³-hybridized carbons (Fsp3) is 0.333. The van der Waals surface area contributed by atoms with Gasteiger partial charge in [-0.25, -0.2) is 13.1 Å². The first-order valence-electron chi connectivity index (χ1n) is 6.67. The molecule has 1 aromatic heterocycles. The lowest BCUT2D eigenvalue weighted by atomic mass is 9.91. The van der Waals surface area contributed by atoms with Gasteiger partial charge < -0.3 is 5.32 Å². The van der Waals surface area contributed by atoms with E-state index in [1.54, 1.807) is 35.6 Å². The topological polar surface area (TPSA) is 58.2 Å². The summed E-state index contributed by atoms with van der Waals surface area (Å²) in [4.78, 5) is 1.59. The summed E-state index contributed by atoms with van der Waals surface area (Å²) in [5.74, 6) is 0. The highest BCUT2D eigenvalue weighted by atomic mass is 32.2. The summed E-state index contributed by atoms with van der Waals surface area (Å²) in [5, 5.41) is 5.44. The van der Waals surface area contributed by atoms with Crippen molar-refractivity contribution in [2.45, 2.75) is 24.2 Å². The normalized spacial score (nSPS) is 12.3. The summed E-state index contributed by atoms with van der Waals surface area (Å²) in [5.41, 5.74) is 0.943. The molecule has 114 valence electrons. The van der Waals surface area contributed by atoms with Gasteiger partial charge in [0.15, 0.2) is 0 Å². The van der Waals surface area contributed by atoms with E-state index in [4.69, 9.17) is 0 Å². The van der Waals surface area contributed by atoms with Gasteiger partial charge in [0.25, 0.3) is 0 Å². The number of hydrogen-bond acceptors (Lipinski definition) is 4. The Hall–Kier alpha value is -1.37. The van der Waals surface area contributed by atoms with Gasteiger partial charge in [0.2, 0.25) is 10.0 Å². The van der Waals surface area contributed by atoms with Crippen molar-refractivity contribution in [2.24, 2.45) is 0 Å². The number of anilines is 1. The van der Waals surface area contributed by atoms with E-state index in [0.29, 0.717) is 0 Å². The van der Waals surface area contributed by atoms with Crippen molar-refractivity contribution in [3.63, 3.8) is 0 Å². The quantitative estimate of drug-likeness (QED) is 0.858. The second-order valence-electron chi connectivity index (χ2n) is 5.45. The van der Waals surface area contributed by atoms with Gasteiger partial charge in [-0.15, -0.1) is 11.3 Å². The molecule has 21 heavy (non-hydrogen) atoms. The third kappa shape index (κ3) is 3.84. The van der Waals surface area contributed by atoms with Crippen LogP contribution in [0.25, 0.3) is 0 Å². The number of sulfonamides is 1. The third-order valence-corrected chi connectivity index (χ3v) is 6.02. The van der Waals surface area contributed by atoms with Crippen LogP contribution in [0.15, 0.2) is 46.7 Å². The molecule has 0 spiro atoms. The van der Waals surface area contributed by atoms with Crippen LogP contribution in [-0.2, 0) is 15.4 Å². The molecule has 1 aromatic carbocycles. The van der Waals surface area contributed by atoms with Gasteiger partial charge in [0, 0.05) is 22.5 Å². The van der Waals surface area contributed by atoms with Crippen molar-refractivity contribution in [1.82, 2.24) is 4.72 Å². The van der Waals surface area contributed by atoms with Gasteiger partial charge in [-0.1, -0.05) is 19.9 Å². The number of thiophene rings is 1. The van der Waals surface area contributed by atoms with Gasteiger partial charge in [0.1, 0.15) is 0 Å². The summed E-state index contributed by atoms with van der Waals surface area (Å²) in [6.45, 7) is 5.16. The average molecular weight is 324 g/mol. The van der Waals surface area contributed by atoms with E-state index in [-0.39, 0.29) is 10.3 Å². The lowest BCUT2D eigenvalue weighted by Gasteiger charge is -2.24. The molecular weight excluding hydrogens is 304 g/mol. The van der Waals surface area contributed by atoms with E-state index in [0.717, 1.165) is 12.2 Å². The zero-order valence-corrected chi connectivity index (χ0v) is 14.0. The van der Waals surface area contributed by atoms with Crippen LogP contribution >= 0.6 is 11.3 Å². The Kier molecular flexibility index (Phi) is 4.70. The first-order valence-corrected chi connectivity index (χ1v) is 9.03. The Morgan fingerprint density at radius 3 is 2.33 bits per heavy atom. The van der Waals surface area contributed by atoms with E-state index >= 15 is 0 Å². The fourth-order valence-electron chi connectivity index (χ4n) is 1.94. The van der Waals surface area contributed by atoms with Gasteiger partial charge in [-0.3, -0.25) is 0 Å². The minimum atomic E-state index is -3.37. The van der Waals surface area contributed by atoms with Crippen molar-refractivity contribution < 1.29 is 8.42 Å². The zero-order valence-electron chi connectivity index (χ0n) is 12.4. The Morgan fingerprint density at radius 1 is 1.14 bits per heavy atom. The second-order valence-corrected chi connectivity index (χ2v) is 8.28. The van der Waals surface area contributed by atoms with E-state index < -0.39 is 10.0 Å². The number of benzene rings is 1. The van der Waals surface area contributed by atoms with Gasteiger partial charge in [-0.2, -0.15) is 0 Å². The lowest BCUT2D eigenvalue weighted by Crippen LogP contribution is -2.26. The van der Waals surface area contributed by atoms with Gasteiger partial charge in [-0.05, 0) is 42.8 Å². The Labute approximate surface area is 130 Å². The molecule has 0 amide bonds. The largest absolute Gasteiger partial charge is 0.384 e. The highest BCUT2D eigenvalue weighted by molar-refractivity contribution is 7.89. The van der Waals surface area contributed by atoms with E-state index in [2.05, 4.69) is 41.4 Å². The predicted molar refractivity (Wildman–Crippen MR) is 88.5 cm³/mol. The van der Waals surface area contributed by atoms with Crippen LogP contribution in [0, 0.1) is 0 Å². The van der Waals surface area contributed by atoms with Crippen molar-refractivity contribution >= 4 is 27.0 Å². The molecule has 0 radical (unpaired) electrons. The standard InChI is InChI=1S/C15H20N2O2S2/c1-15(2,14-5-4-10-20-14)11-17-12-6-8-13(9-7-12)21(18,19)16-3/h4-10,16-17H,11H2,1-3H3. The summed E-state index contributed by atoms with van der Waals surface area (Å²) in [6, 6.07) is 11.0. The first-order chi connectivity index (χ1) is 9.85. The van der Waals surface area contributed by atoms with Crippen molar-refractivity contribution in [3.05, 3.63) is 46.7 Å². The van der Waals surface area contributed by atoms with Crippen LogP contribution < -0.4 is 10.0 Å². The molecule has 2 N–H and O–H groups in total. The monoisotopic (exact) mass is 324 g/mol. The van der Waals surface area contributed by atoms with Crippen LogP contribution in [0.3, 0.4) is 0 Å². The van der Waals surface area contributed by atoms with Crippen molar-refractivity contribution in [1.29, 1.82) is 0 Å². The Bertz CT molecular complexity index is 675. The van der Waals surface area contributed by atoms with Crippen molar-refractivity contribution in [3.8, 4) is 0 Å². The maximum absolute atomic E-state index is 11.7. The zero-order chi connectivity index (χ0) is 15.5. The van der Waals surface area contributed by atoms with Crippen molar-refractivity contribution in [2.75, 3.05) is 18.9 Å². The van der Waals surface area contributed by atoms with E-state index in [1.807, 2.05) is 0 Å². The molecule has 0 bridgehead atoms. The molecule has 0 atom stereocenters. The van der Waals surface area contributed by atoms with Gasteiger partial charge in [0.05, 0.1) is 4.90 Å². The van der Waals surface area contributed by atoms with E-state index in [1.165, 1.54) is 11.9 Å². The second kappa shape index (κ2) is 6.17. The van der Waals surface area contributed by atoms with Crippen LogP contribution in [0.2, 0.25) is 0 Å². The van der Waals surface area contributed by atoms with Crippen LogP contribution in [0.5, 0.6) is 0 Å². The molecule has 0 saturated heterocycles. The molecule has 1 heterocycles. The Balaban J connectivity index is 2.05. The van der Waals surface area contributed by atoms with Crippen LogP contribution in [-0.4, -0.2) is 22.0 Å². The maximum atomic E-state index is 11.7. The molecule has 4 nitrogen and oxygen atoms in total. The minimum absolute atomic E-state index is 0.0316. The molecule has 0 aliphatic carbocycles. The smallest absolute Gasteiger partial charge is 0.240 e. The summed E-state index contributed by atoms with van der Waals surface area (Å²) >= 11 is 1.75. The Morgan fingerprint density at radius 2 is 1.81 bits per heavy atom. The molecule has 6 heteroatoms. The molecule has 0 aliphatic rings.